The van der Waals surface area contributed by atoms with E-state index in [2.05, 4.69) is 10.2 Å². The highest BCUT2D eigenvalue weighted by Crippen LogP contribution is 2.24. The monoisotopic (exact) mass is 336 g/mol. The molecular formula is C14H17ClN6O2. The van der Waals surface area contributed by atoms with E-state index in [1.807, 2.05) is 0 Å². The first-order valence-electron chi connectivity index (χ1n) is 7.21. The van der Waals surface area contributed by atoms with E-state index in [0.29, 0.717) is 24.5 Å². The third kappa shape index (κ3) is 2.70. The van der Waals surface area contributed by atoms with Crippen molar-refractivity contribution in [2.24, 2.45) is 12.8 Å². The maximum Gasteiger partial charge on any atom is 0.269 e. The average Bonchev–Trinajstić information content (AvgIpc) is 3.09. The van der Waals surface area contributed by atoms with Gasteiger partial charge in [-0.05, 0) is 6.92 Å². The molecule has 2 amide bonds. The molecule has 8 nitrogen and oxygen atoms in total. The quantitative estimate of drug-likeness (QED) is 0.883. The minimum Gasteiger partial charge on any atom is -0.364 e. The van der Waals surface area contributed by atoms with Crippen molar-refractivity contribution in [1.29, 1.82) is 0 Å². The topological polar surface area (TPSA) is 99.0 Å². The summed E-state index contributed by atoms with van der Waals surface area (Å²) in [6.45, 7) is 2.64. The van der Waals surface area contributed by atoms with E-state index in [1.165, 1.54) is 10.9 Å². The summed E-state index contributed by atoms with van der Waals surface area (Å²) in [6, 6.07) is -0.474. The first kappa shape index (κ1) is 15.5. The minimum absolute atomic E-state index is 0.0882. The van der Waals surface area contributed by atoms with Gasteiger partial charge in [0.25, 0.3) is 5.91 Å². The fourth-order valence-electron chi connectivity index (χ4n) is 2.88. The number of rotatable bonds is 3. The van der Waals surface area contributed by atoms with Crippen LogP contribution in [0.2, 0.25) is 5.02 Å². The van der Waals surface area contributed by atoms with E-state index >= 15 is 0 Å². The van der Waals surface area contributed by atoms with E-state index in [4.69, 9.17) is 17.3 Å². The van der Waals surface area contributed by atoms with Crippen molar-refractivity contribution in [2.75, 3.05) is 6.54 Å². The molecule has 9 heteroatoms. The van der Waals surface area contributed by atoms with E-state index in [-0.39, 0.29) is 11.6 Å². The van der Waals surface area contributed by atoms with Crippen LogP contribution in [0.15, 0.2) is 12.4 Å². The van der Waals surface area contributed by atoms with Crippen LogP contribution in [0.5, 0.6) is 0 Å². The molecule has 2 aromatic rings. The van der Waals surface area contributed by atoms with Crippen LogP contribution in [0.25, 0.3) is 0 Å². The SMILES string of the molecule is CC(C(=O)N1CCc2c(c(C(N)=O)nn2C)C1)n1cc(Cl)cn1. The fourth-order valence-corrected chi connectivity index (χ4v) is 3.03. The van der Waals surface area contributed by atoms with Gasteiger partial charge in [-0.15, -0.1) is 0 Å². The summed E-state index contributed by atoms with van der Waals surface area (Å²) >= 11 is 5.85. The van der Waals surface area contributed by atoms with Crippen molar-refractivity contribution in [3.8, 4) is 0 Å². The maximum atomic E-state index is 12.7. The second-order valence-electron chi connectivity index (χ2n) is 5.59. The summed E-state index contributed by atoms with van der Waals surface area (Å²) in [4.78, 5) is 25.9. The number of fused-ring (bicyclic) bond motifs is 1. The standard InChI is InChI=1S/C14H17ClN6O2/c1-8(21-6-9(15)5-17-21)14(23)20-4-3-11-10(7-20)12(13(16)22)18-19(11)2/h5-6,8H,3-4,7H2,1-2H3,(H2,16,22). The number of carbonyl (C=O) groups excluding carboxylic acids is 2. The zero-order chi connectivity index (χ0) is 16.7. The molecule has 1 atom stereocenters. The second-order valence-corrected chi connectivity index (χ2v) is 6.02. The van der Waals surface area contributed by atoms with Crippen molar-refractivity contribution >= 4 is 23.4 Å². The molecule has 0 saturated carbocycles. The molecule has 0 radical (unpaired) electrons. The van der Waals surface area contributed by atoms with E-state index in [1.54, 1.807) is 29.7 Å². The molecule has 2 aromatic heterocycles. The highest BCUT2D eigenvalue weighted by molar-refractivity contribution is 6.30. The summed E-state index contributed by atoms with van der Waals surface area (Å²) in [5.74, 6) is -0.669. The van der Waals surface area contributed by atoms with Gasteiger partial charge >= 0.3 is 0 Å². The number of amides is 2. The van der Waals surface area contributed by atoms with Crippen LogP contribution in [0, 0.1) is 0 Å². The first-order chi connectivity index (χ1) is 10.9. The van der Waals surface area contributed by atoms with Gasteiger partial charge in [0.2, 0.25) is 5.91 Å². The van der Waals surface area contributed by atoms with Crippen LogP contribution in [0.4, 0.5) is 0 Å². The lowest BCUT2D eigenvalue weighted by Gasteiger charge is -2.29. The van der Waals surface area contributed by atoms with Gasteiger partial charge in [-0.25, -0.2) is 0 Å². The van der Waals surface area contributed by atoms with E-state index < -0.39 is 11.9 Å². The van der Waals surface area contributed by atoms with Gasteiger partial charge in [-0.1, -0.05) is 11.6 Å². The molecule has 0 spiro atoms. The number of carbonyl (C=O) groups is 2. The Morgan fingerprint density at radius 3 is 2.78 bits per heavy atom. The molecule has 2 N–H and O–H groups in total. The molecule has 23 heavy (non-hydrogen) atoms. The number of nitrogens with zero attached hydrogens (tertiary/aromatic N) is 5. The normalized spacial score (nSPS) is 15.3. The Morgan fingerprint density at radius 2 is 2.17 bits per heavy atom. The van der Waals surface area contributed by atoms with Gasteiger partial charge in [-0.3, -0.25) is 19.0 Å². The molecule has 3 rings (SSSR count). The molecular weight excluding hydrogens is 320 g/mol. The van der Waals surface area contributed by atoms with Crippen LogP contribution >= 0.6 is 11.6 Å². The summed E-state index contributed by atoms with van der Waals surface area (Å²) in [5.41, 5.74) is 7.28. The molecule has 1 aliphatic heterocycles. The lowest BCUT2D eigenvalue weighted by atomic mass is 10.0. The zero-order valence-corrected chi connectivity index (χ0v) is 13.6. The second kappa shape index (κ2) is 5.69. The summed E-state index contributed by atoms with van der Waals surface area (Å²) in [5, 5.41) is 8.71. The number of nitrogens with two attached hydrogens (primary N) is 1. The van der Waals surface area contributed by atoms with Crippen molar-refractivity contribution in [3.05, 3.63) is 34.4 Å². The smallest absolute Gasteiger partial charge is 0.269 e. The molecule has 0 fully saturated rings. The summed E-state index contributed by atoms with van der Waals surface area (Å²) in [6.07, 6.45) is 3.73. The Hall–Kier alpha value is -2.35. The van der Waals surface area contributed by atoms with Crippen molar-refractivity contribution < 1.29 is 9.59 Å². The van der Waals surface area contributed by atoms with Crippen LogP contribution in [-0.4, -0.2) is 42.8 Å². The predicted molar refractivity (Wildman–Crippen MR) is 82.8 cm³/mol. The predicted octanol–water partition coefficient (Wildman–Crippen LogP) is 0.515. The minimum atomic E-state index is -0.581. The van der Waals surface area contributed by atoms with Crippen LogP contribution in [0.3, 0.4) is 0 Å². The Balaban J connectivity index is 1.84. The van der Waals surface area contributed by atoms with Gasteiger partial charge in [0.15, 0.2) is 5.69 Å². The van der Waals surface area contributed by atoms with Gasteiger partial charge in [0.05, 0.1) is 11.2 Å². The van der Waals surface area contributed by atoms with Crippen LogP contribution in [-0.2, 0) is 24.8 Å². The largest absolute Gasteiger partial charge is 0.364 e. The number of aryl methyl sites for hydroxylation is 1. The Labute approximate surface area is 137 Å². The van der Waals surface area contributed by atoms with Crippen molar-refractivity contribution in [3.63, 3.8) is 0 Å². The molecule has 0 aromatic carbocycles. The molecule has 3 heterocycles. The summed E-state index contributed by atoms with van der Waals surface area (Å²) < 4.78 is 3.19. The van der Waals surface area contributed by atoms with Crippen molar-refractivity contribution in [1.82, 2.24) is 24.5 Å². The van der Waals surface area contributed by atoms with Crippen LogP contribution < -0.4 is 5.73 Å². The summed E-state index contributed by atoms with van der Waals surface area (Å²) in [7, 11) is 1.77. The fraction of sp³-hybridized carbons (Fsp3) is 0.429. The average molecular weight is 337 g/mol. The van der Waals surface area contributed by atoms with E-state index in [9.17, 15) is 9.59 Å². The number of primary amides is 1. The number of halogens is 1. The van der Waals surface area contributed by atoms with Crippen LogP contribution in [0.1, 0.15) is 34.7 Å². The third-order valence-corrected chi connectivity index (χ3v) is 4.31. The maximum absolute atomic E-state index is 12.7. The van der Waals surface area contributed by atoms with E-state index in [0.717, 1.165) is 11.3 Å². The first-order valence-corrected chi connectivity index (χ1v) is 7.59. The molecule has 122 valence electrons. The van der Waals surface area contributed by atoms with Crippen molar-refractivity contribution in [2.45, 2.75) is 25.9 Å². The Morgan fingerprint density at radius 1 is 1.43 bits per heavy atom. The highest BCUT2D eigenvalue weighted by atomic mass is 35.5. The third-order valence-electron chi connectivity index (χ3n) is 4.11. The molecule has 0 saturated heterocycles. The van der Waals surface area contributed by atoms with Gasteiger partial charge < -0.3 is 10.6 Å². The lowest BCUT2D eigenvalue weighted by molar-refractivity contribution is -0.135. The van der Waals surface area contributed by atoms with Gasteiger partial charge in [0, 0.05) is 44.0 Å². The Kier molecular flexibility index (Phi) is 3.85. The number of hydrogen-bond donors (Lipinski definition) is 1. The lowest BCUT2D eigenvalue weighted by Crippen LogP contribution is -2.40. The molecule has 1 unspecified atom stereocenters. The molecule has 0 bridgehead atoms. The zero-order valence-electron chi connectivity index (χ0n) is 12.9. The Bertz CT molecular complexity index is 780. The van der Waals surface area contributed by atoms with Gasteiger partial charge in [0.1, 0.15) is 6.04 Å². The number of aromatic nitrogens is 4. The van der Waals surface area contributed by atoms with Gasteiger partial charge in [-0.2, -0.15) is 10.2 Å². The molecule has 1 aliphatic rings. The number of hydrogen-bond acceptors (Lipinski definition) is 4. The molecule has 0 aliphatic carbocycles. The highest BCUT2D eigenvalue weighted by Gasteiger charge is 2.31.